The molecule has 96 valence electrons. The molecule has 1 unspecified atom stereocenters. The minimum atomic E-state index is -0.835. The highest BCUT2D eigenvalue weighted by Crippen LogP contribution is 2.24. The van der Waals surface area contributed by atoms with E-state index < -0.39 is 5.60 Å². The maximum absolute atomic E-state index is 10.5. The van der Waals surface area contributed by atoms with Gasteiger partial charge in [0.1, 0.15) is 0 Å². The summed E-state index contributed by atoms with van der Waals surface area (Å²) in [5.41, 5.74) is 5.75. The fraction of sp³-hybridized carbons (Fsp3) is 0.538. The third kappa shape index (κ3) is 4.76. The molecule has 1 aromatic carbocycles. The summed E-state index contributed by atoms with van der Waals surface area (Å²) in [5.74, 6) is 0. The van der Waals surface area contributed by atoms with Crippen molar-refractivity contribution < 1.29 is 9.84 Å². The molecule has 0 radical (unpaired) electrons. The van der Waals surface area contributed by atoms with Gasteiger partial charge in [0, 0.05) is 18.0 Å². The Balaban J connectivity index is 2.75. The molecule has 0 aromatic heterocycles. The number of hydrogen-bond donors (Lipinski definition) is 2. The zero-order chi connectivity index (χ0) is 12.7. The summed E-state index contributed by atoms with van der Waals surface area (Å²) in [4.78, 5) is 0. The number of methoxy groups -OCH3 is 1. The number of halogens is 1. The SMILES string of the molecule is COCC(O)(CCCN)Cc1ccccc1Br. The normalized spacial score (nSPS) is 14.6. The van der Waals surface area contributed by atoms with E-state index in [2.05, 4.69) is 15.9 Å². The minimum Gasteiger partial charge on any atom is -0.387 e. The highest BCUT2D eigenvalue weighted by molar-refractivity contribution is 9.10. The van der Waals surface area contributed by atoms with Crippen molar-refractivity contribution in [2.24, 2.45) is 5.73 Å². The van der Waals surface area contributed by atoms with Crippen molar-refractivity contribution in [1.29, 1.82) is 0 Å². The van der Waals surface area contributed by atoms with Crippen molar-refractivity contribution in [3.05, 3.63) is 34.3 Å². The average molecular weight is 302 g/mol. The summed E-state index contributed by atoms with van der Waals surface area (Å²) in [6.45, 7) is 0.913. The van der Waals surface area contributed by atoms with Gasteiger partial charge in [0.05, 0.1) is 12.2 Å². The highest BCUT2D eigenvalue weighted by Gasteiger charge is 2.27. The topological polar surface area (TPSA) is 55.5 Å². The number of hydrogen-bond acceptors (Lipinski definition) is 3. The van der Waals surface area contributed by atoms with Crippen molar-refractivity contribution in [2.45, 2.75) is 24.9 Å². The molecule has 0 aliphatic rings. The Kier molecular flexibility index (Phi) is 6.12. The molecule has 0 amide bonds. The number of nitrogens with two attached hydrogens (primary N) is 1. The Morgan fingerprint density at radius 3 is 2.71 bits per heavy atom. The molecule has 1 aromatic rings. The zero-order valence-corrected chi connectivity index (χ0v) is 11.7. The van der Waals surface area contributed by atoms with Crippen LogP contribution < -0.4 is 5.73 Å². The highest BCUT2D eigenvalue weighted by atomic mass is 79.9. The lowest BCUT2D eigenvalue weighted by Crippen LogP contribution is -2.37. The Hall–Kier alpha value is -0.420. The molecule has 0 saturated carbocycles. The van der Waals surface area contributed by atoms with Crippen LogP contribution in [0.5, 0.6) is 0 Å². The van der Waals surface area contributed by atoms with Gasteiger partial charge in [-0.3, -0.25) is 0 Å². The van der Waals surface area contributed by atoms with Gasteiger partial charge in [-0.05, 0) is 31.0 Å². The summed E-state index contributed by atoms with van der Waals surface area (Å²) >= 11 is 3.49. The summed E-state index contributed by atoms with van der Waals surface area (Å²) in [6.07, 6.45) is 2.02. The molecule has 0 saturated heterocycles. The maximum Gasteiger partial charge on any atom is 0.0920 e. The molecule has 17 heavy (non-hydrogen) atoms. The third-order valence-corrected chi connectivity index (χ3v) is 3.51. The van der Waals surface area contributed by atoms with Gasteiger partial charge < -0.3 is 15.6 Å². The monoisotopic (exact) mass is 301 g/mol. The molecule has 1 rings (SSSR count). The van der Waals surface area contributed by atoms with Crippen molar-refractivity contribution >= 4 is 15.9 Å². The van der Waals surface area contributed by atoms with Gasteiger partial charge in [-0.15, -0.1) is 0 Å². The molecular weight excluding hydrogens is 282 g/mol. The van der Waals surface area contributed by atoms with Gasteiger partial charge in [-0.25, -0.2) is 0 Å². The lowest BCUT2D eigenvalue weighted by atomic mass is 9.90. The predicted octanol–water partition coefficient (Wildman–Crippen LogP) is 2.11. The van der Waals surface area contributed by atoms with E-state index in [9.17, 15) is 5.11 Å². The fourth-order valence-corrected chi connectivity index (χ4v) is 2.33. The second-order valence-electron chi connectivity index (χ2n) is 4.32. The molecular formula is C13H20BrNO2. The van der Waals surface area contributed by atoms with Crippen molar-refractivity contribution in [3.63, 3.8) is 0 Å². The average Bonchev–Trinajstić information content (AvgIpc) is 2.30. The number of rotatable bonds is 7. The van der Waals surface area contributed by atoms with Gasteiger partial charge in [0.2, 0.25) is 0 Å². The predicted molar refractivity (Wildman–Crippen MR) is 73.0 cm³/mol. The molecule has 0 fully saturated rings. The van der Waals surface area contributed by atoms with Gasteiger partial charge in [0.25, 0.3) is 0 Å². The fourth-order valence-electron chi connectivity index (χ4n) is 1.91. The Labute approximate surface area is 111 Å². The second-order valence-corrected chi connectivity index (χ2v) is 5.17. The van der Waals surface area contributed by atoms with Crippen molar-refractivity contribution in [2.75, 3.05) is 20.3 Å². The largest absolute Gasteiger partial charge is 0.387 e. The van der Waals surface area contributed by atoms with Crippen LogP contribution in [0.3, 0.4) is 0 Å². The molecule has 0 heterocycles. The van der Waals surface area contributed by atoms with Gasteiger partial charge in [-0.1, -0.05) is 34.1 Å². The van der Waals surface area contributed by atoms with Crippen LogP contribution in [0.1, 0.15) is 18.4 Å². The van der Waals surface area contributed by atoms with E-state index in [4.69, 9.17) is 10.5 Å². The van der Waals surface area contributed by atoms with Crippen LogP contribution in [-0.2, 0) is 11.2 Å². The van der Waals surface area contributed by atoms with Crippen LogP contribution in [0, 0.1) is 0 Å². The van der Waals surface area contributed by atoms with E-state index in [1.165, 1.54) is 0 Å². The van der Waals surface area contributed by atoms with Crippen LogP contribution in [-0.4, -0.2) is 31.0 Å². The first-order valence-corrected chi connectivity index (χ1v) is 6.55. The third-order valence-electron chi connectivity index (χ3n) is 2.74. The first-order chi connectivity index (χ1) is 8.11. The standard InChI is InChI=1S/C13H20BrNO2/c1-17-10-13(16,7-4-8-15)9-11-5-2-3-6-12(11)14/h2-3,5-6,16H,4,7-10,15H2,1H3. The molecule has 3 N–H and O–H groups in total. The Morgan fingerprint density at radius 2 is 2.12 bits per heavy atom. The van der Waals surface area contributed by atoms with Crippen LogP contribution in [0.15, 0.2) is 28.7 Å². The summed E-state index contributed by atoms with van der Waals surface area (Å²) in [6, 6.07) is 7.91. The maximum atomic E-state index is 10.5. The Bertz CT molecular complexity index is 346. The van der Waals surface area contributed by atoms with Gasteiger partial charge in [-0.2, -0.15) is 0 Å². The van der Waals surface area contributed by atoms with Crippen LogP contribution in [0.2, 0.25) is 0 Å². The molecule has 3 nitrogen and oxygen atoms in total. The minimum absolute atomic E-state index is 0.328. The van der Waals surface area contributed by atoms with E-state index in [0.717, 1.165) is 16.5 Å². The van der Waals surface area contributed by atoms with Crippen LogP contribution in [0.4, 0.5) is 0 Å². The van der Waals surface area contributed by atoms with E-state index in [1.54, 1.807) is 7.11 Å². The first-order valence-electron chi connectivity index (χ1n) is 5.76. The lowest BCUT2D eigenvalue weighted by molar-refractivity contribution is -0.0376. The second kappa shape index (κ2) is 7.11. The quantitative estimate of drug-likeness (QED) is 0.811. The number of aliphatic hydroxyl groups is 1. The van der Waals surface area contributed by atoms with Crippen molar-refractivity contribution in [1.82, 2.24) is 0 Å². The summed E-state index contributed by atoms with van der Waals surface area (Å²) in [7, 11) is 1.60. The number of benzene rings is 1. The van der Waals surface area contributed by atoms with E-state index in [1.807, 2.05) is 24.3 Å². The van der Waals surface area contributed by atoms with E-state index in [-0.39, 0.29) is 0 Å². The Morgan fingerprint density at radius 1 is 1.41 bits per heavy atom. The van der Waals surface area contributed by atoms with Crippen LogP contribution >= 0.6 is 15.9 Å². The smallest absolute Gasteiger partial charge is 0.0920 e. The van der Waals surface area contributed by atoms with E-state index in [0.29, 0.717) is 26.0 Å². The van der Waals surface area contributed by atoms with Crippen LogP contribution in [0.25, 0.3) is 0 Å². The molecule has 1 atom stereocenters. The summed E-state index contributed by atoms with van der Waals surface area (Å²) in [5, 5.41) is 10.5. The van der Waals surface area contributed by atoms with Gasteiger partial charge in [0.15, 0.2) is 0 Å². The number of ether oxygens (including phenoxy) is 1. The lowest BCUT2D eigenvalue weighted by Gasteiger charge is -2.27. The van der Waals surface area contributed by atoms with Gasteiger partial charge >= 0.3 is 0 Å². The molecule has 0 spiro atoms. The summed E-state index contributed by atoms with van der Waals surface area (Å²) < 4.78 is 6.13. The van der Waals surface area contributed by atoms with E-state index >= 15 is 0 Å². The first kappa shape index (κ1) is 14.6. The van der Waals surface area contributed by atoms with Crippen molar-refractivity contribution in [3.8, 4) is 0 Å². The zero-order valence-electron chi connectivity index (χ0n) is 10.2. The molecule has 4 heteroatoms. The molecule has 0 bridgehead atoms. The molecule has 0 aliphatic carbocycles. The molecule has 0 aliphatic heterocycles.